The molecule has 212 valence electrons. The van der Waals surface area contributed by atoms with Gasteiger partial charge in [-0.1, -0.05) is 84.9 Å². The highest BCUT2D eigenvalue weighted by atomic mass is 16.3. The summed E-state index contributed by atoms with van der Waals surface area (Å²) in [6.45, 7) is 0. The monoisotopic (exact) mass is 586 g/mol. The molecule has 46 heavy (non-hydrogen) atoms. The lowest BCUT2D eigenvalue weighted by molar-refractivity contribution is 0.670. The van der Waals surface area contributed by atoms with E-state index in [0.29, 0.717) is 0 Å². The number of aromatic nitrogens is 2. The number of furan rings is 2. The molecule has 0 aliphatic rings. The van der Waals surface area contributed by atoms with Gasteiger partial charge in [0, 0.05) is 59.5 Å². The van der Waals surface area contributed by atoms with Crippen molar-refractivity contribution in [2.24, 2.45) is 0 Å². The number of para-hydroxylation sites is 4. The van der Waals surface area contributed by atoms with Crippen molar-refractivity contribution in [3.8, 4) is 5.69 Å². The molecule has 0 atom stereocenters. The Kier molecular flexibility index (Phi) is 3.96. The average molecular weight is 587 g/mol. The van der Waals surface area contributed by atoms with E-state index < -0.39 is 0 Å². The quantitative estimate of drug-likeness (QED) is 0.192. The molecule has 7 aromatic carbocycles. The zero-order chi connectivity index (χ0) is 29.7. The highest BCUT2D eigenvalue weighted by molar-refractivity contribution is 6.38. The van der Waals surface area contributed by atoms with E-state index in [-0.39, 0.29) is 0 Å². The van der Waals surface area contributed by atoms with Crippen molar-refractivity contribution < 1.29 is 8.83 Å². The minimum atomic E-state index is 0.895. The van der Waals surface area contributed by atoms with Crippen LogP contribution in [0.2, 0.25) is 0 Å². The molecule has 12 rings (SSSR count). The first kappa shape index (κ1) is 23.2. The second-order valence-corrected chi connectivity index (χ2v) is 12.4. The Balaban J connectivity index is 1.45. The molecular formula is C42H22N2O2. The smallest absolute Gasteiger partial charge is 0.160 e. The van der Waals surface area contributed by atoms with E-state index in [1.165, 1.54) is 48.9 Å². The molecule has 0 aliphatic carbocycles. The SMILES string of the molecule is c1ccc(-n2c3ccccc3c3cc4c5ccc6c7ccccc7oc6c5n5c6c(ccc7c8ccccc8oc76)c(c32)c45)cc1. The predicted octanol–water partition coefficient (Wildman–Crippen LogP) is 11.7. The fourth-order valence-corrected chi connectivity index (χ4v) is 8.40. The van der Waals surface area contributed by atoms with Gasteiger partial charge in [-0.25, -0.2) is 0 Å². The number of hydrogen-bond donors (Lipinski definition) is 0. The number of hydrogen-bond acceptors (Lipinski definition) is 2. The lowest BCUT2D eigenvalue weighted by Gasteiger charge is -2.09. The molecule has 5 heterocycles. The van der Waals surface area contributed by atoms with Crippen LogP contribution in [0.15, 0.2) is 142 Å². The number of fused-ring (bicyclic) bond motifs is 18. The van der Waals surface area contributed by atoms with E-state index >= 15 is 0 Å². The van der Waals surface area contributed by atoms with Crippen molar-refractivity contribution in [2.45, 2.75) is 0 Å². The Labute approximate surface area is 260 Å². The maximum Gasteiger partial charge on any atom is 0.160 e. The molecule has 4 heteroatoms. The third kappa shape index (κ3) is 2.57. The molecule has 5 aromatic heterocycles. The van der Waals surface area contributed by atoms with Gasteiger partial charge in [0.05, 0.1) is 27.6 Å². The van der Waals surface area contributed by atoms with Crippen LogP contribution in [-0.4, -0.2) is 8.97 Å². The highest BCUT2D eigenvalue weighted by Crippen LogP contribution is 2.50. The predicted molar refractivity (Wildman–Crippen MR) is 190 cm³/mol. The summed E-state index contributed by atoms with van der Waals surface area (Å²) in [6, 6.07) is 47.7. The van der Waals surface area contributed by atoms with Crippen LogP contribution in [-0.2, 0) is 0 Å². The van der Waals surface area contributed by atoms with Gasteiger partial charge < -0.3 is 17.8 Å². The summed E-state index contributed by atoms with van der Waals surface area (Å²) in [5.74, 6) is 0. The van der Waals surface area contributed by atoms with Crippen molar-refractivity contribution >= 4 is 104 Å². The fourth-order valence-electron chi connectivity index (χ4n) is 8.40. The number of benzene rings is 7. The van der Waals surface area contributed by atoms with Gasteiger partial charge >= 0.3 is 0 Å². The summed E-state index contributed by atoms with van der Waals surface area (Å²) >= 11 is 0. The van der Waals surface area contributed by atoms with Crippen molar-refractivity contribution in [2.75, 3.05) is 0 Å². The Morgan fingerprint density at radius 3 is 1.63 bits per heavy atom. The molecular weight excluding hydrogens is 564 g/mol. The molecule has 0 aliphatic heterocycles. The Hall–Kier alpha value is -6.26. The molecule has 4 nitrogen and oxygen atoms in total. The lowest BCUT2D eigenvalue weighted by atomic mass is 10.0. The Bertz CT molecular complexity index is 3240. The van der Waals surface area contributed by atoms with Crippen LogP contribution in [0.1, 0.15) is 0 Å². The topological polar surface area (TPSA) is 35.6 Å². The summed E-state index contributed by atoms with van der Waals surface area (Å²) in [7, 11) is 0. The van der Waals surface area contributed by atoms with Crippen LogP contribution in [0.3, 0.4) is 0 Å². The summed E-state index contributed by atoms with van der Waals surface area (Å²) in [5.41, 5.74) is 10.5. The first-order valence-electron chi connectivity index (χ1n) is 15.7. The van der Waals surface area contributed by atoms with Crippen molar-refractivity contribution in [1.29, 1.82) is 0 Å². The maximum atomic E-state index is 6.77. The van der Waals surface area contributed by atoms with Gasteiger partial charge in [-0.05, 0) is 48.5 Å². The maximum absolute atomic E-state index is 6.77. The van der Waals surface area contributed by atoms with E-state index in [9.17, 15) is 0 Å². The molecule has 12 aromatic rings. The zero-order valence-electron chi connectivity index (χ0n) is 24.4. The standard InChI is InChI=1S/C42H22N2O2/c1-2-10-23(11-3-1)43-33-15-7-4-12-24(33)31-22-32-27-18-19-28-25-13-5-8-16-34(25)45-41(28)39(27)44-38(32)36(37(31)43)30-21-20-29-26-14-6-9-17-35(26)46-42(29)40(30)44/h1-22H. The second kappa shape index (κ2) is 7.87. The first-order valence-corrected chi connectivity index (χ1v) is 15.7. The van der Waals surface area contributed by atoms with Crippen molar-refractivity contribution in [1.82, 2.24) is 8.97 Å². The fraction of sp³-hybridized carbons (Fsp3) is 0. The molecule has 0 radical (unpaired) electrons. The van der Waals surface area contributed by atoms with Gasteiger partial charge in [-0.15, -0.1) is 0 Å². The lowest BCUT2D eigenvalue weighted by Crippen LogP contribution is -1.93. The zero-order valence-corrected chi connectivity index (χ0v) is 24.4. The minimum Gasteiger partial charge on any atom is -0.454 e. The number of rotatable bonds is 1. The van der Waals surface area contributed by atoms with Gasteiger partial charge in [-0.3, -0.25) is 0 Å². The van der Waals surface area contributed by atoms with Crippen LogP contribution in [0.5, 0.6) is 0 Å². The minimum absolute atomic E-state index is 0.895. The van der Waals surface area contributed by atoms with Crippen LogP contribution in [0.4, 0.5) is 0 Å². The Morgan fingerprint density at radius 2 is 0.913 bits per heavy atom. The van der Waals surface area contributed by atoms with Gasteiger partial charge in [0.1, 0.15) is 11.2 Å². The van der Waals surface area contributed by atoms with Gasteiger partial charge in [0.2, 0.25) is 0 Å². The van der Waals surface area contributed by atoms with Crippen LogP contribution in [0, 0.1) is 0 Å². The highest BCUT2D eigenvalue weighted by Gasteiger charge is 2.28. The number of nitrogens with zero attached hydrogens (tertiary/aromatic N) is 2. The van der Waals surface area contributed by atoms with Gasteiger partial charge in [-0.2, -0.15) is 0 Å². The molecule has 0 spiro atoms. The third-order valence-corrected chi connectivity index (χ3v) is 10.2. The van der Waals surface area contributed by atoms with E-state index in [1.54, 1.807) is 0 Å². The molecule has 0 fully saturated rings. The summed E-state index contributed by atoms with van der Waals surface area (Å²) in [6.07, 6.45) is 0. The molecule has 0 unspecified atom stereocenters. The van der Waals surface area contributed by atoms with Gasteiger partial charge in [0.15, 0.2) is 11.2 Å². The second-order valence-electron chi connectivity index (χ2n) is 12.4. The molecule has 0 amide bonds. The molecule has 0 N–H and O–H groups in total. The third-order valence-electron chi connectivity index (χ3n) is 10.2. The summed E-state index contributed by atoms with van der Waals surface area (Å²) < 4.78 is 18.4. The van der Waals surface area contributed by atoms with Crippen LogP contribution in [0.25, 0.3) is 109 Å². The first-order chi connectivity index (χ1) is 22.8. The largest absolute Gasteiger partial charge is 0.454 e. The summed E-state index contributed by atoms with van der Waals surface area (Å²) in [5, 5.41) is 11.8. The molecule has 0 bridgehead atoms. The normalized spacial score (nSPS) is 12.8. The van der Waals surface area contributed by atoms with E-state index in [1.807, 2.05) is 12.1 Å². The summed E-state index contributed by atoms with van der Waals surface area (Å²) in [4.78, 5) is 0. The van der Waals surface area contributed by atoms with Crippen LogP contribution >= 0.6 is 0 Å². The molecule has 0 saturated carbocycles. The Morgan fingerprint density at radius 1 is 0.370 bits per heavy atom. The van der Waals surface area contributed by atoms with Crippen molar-refractivity contribution in [3.05, 3.63) is 133 Å². The van der Waals surface area contributed by atoms with E-state index in [2.05, 4.69) is 130 Å². The average Bonchev–Trinajstić information content (AvgIpc) is 3.90. The van der Waals surface area contributed by atoms with E-state index in [0.717, 1.165) is 60.6 Å². The van der Waals surface area contributed by atoms with Gasteiger partial charge in [0.25, 0.3) is 0 Å². The van der Waals surface area contributed by atoms with E-state index in [4.69, 9.17) is 8.83 Å². The van der Waals surface area contributed by atoms with Crippen molar-refractivity contribution in [3.63, 3.8) is 0 Å². The van der Waals surface area contributed by atoms with Crippen LogP contribution < -0.4 is 0 Å². The molecule has 0 saturated heterocycles.